The standard InChI is InChI=1S/C12H17N5O/c1-8-5-11(15-9(2)14-8)16-6-10(7-16)17-4-3-13-12(17)18/h5,10H,3-4,6-7H2,1-2H3,(H,13,18). The van der Waals surface area contributed by atoms with Gasteiger partial charge in [0.05, 0.1) is 6.04 Å². The van der Waals surface area contributed by atoms with Crippen molar-refractivity contribution >= 4 is 11.8 Å². The number of rotatable bonds is 2. The minimum Gasteiger partial charge on any atom is -0.352 e. The number of aryl methyl sites for hydroxylation is 2. The number of carbonyl (C=O) groups is 1. The summed E-state index contributed by atoms with van der Waals surface area (Å²) in [5.74, 6) is 1.77. The van der Waals surface area contributed by atoms with E-state index in [1.807, 2.05) is 24.8 Å². The number of carbonyl (C=O) groups excluding carboxylic acids is 1. The molecule has 18 heavy (non-hydrogen) atoms. The van der Waals surface area contributed by atoms with E-state index in [0.717, 1.165) is 43.5 Å². The van der Waals surface area contributed by atoms with Crippen LogP contribution >= 0.6 is 0 Å². The Kier molecular flexibility index (Phi) is 2.57. The van der Waals surface area contributed by atoms with Gasteiger partial charge in [-0.05, 0) is 13.8 Å². The van der Waals surface area contributed by atoms with Crippen LogP contribution in [0.3, 0.4) is 0 Å². The van der Waals surface area contributed by atoms with E-state index in [9.17, 15) is 4.79 Å². The molecule has 1 N–H and O–H groups in total. The van der Waals surface area contributed by atoms with Crippen molar-refractivity contribution in [3.8, 4) is 0 Å². The van der Waals surface area contributed by atoms with Crippen LogP contribution in [-0.4, -0.2) is 53.1 Å². The van der Waals surface area contributed by atoms with E-state index in [-0.39, 0.29) is 6.03 Å². The Labute approximate surface area is 106 Å². The van der Waals surface area contributed by atoms with Crippen LogP contribution in [0.25, 0.3) is 0 Å². The maximum absolute atomic E-state index is 11.5. The maximum Gasteiger partial charge on any atom is 0.317 e. The number of anilines is 1. The van der Waals surface area contributed by atoms with Crippen molar-refractivity contribution in [3.05, 3.63) is 17.6 Å². The van der Waals surface area contributed by atoms with Crippen LogP contribution in [0, 0.1) is 13.8 Å². The molecule has 0 unspecified atom stereocenters. The zero-order valence-electron chi connectivity index (χ0n) is 10.7. The summed E-state index contributed by atoms with van der Waals surface area (Å²) >= 11 is 0. The monoisotopic (exact) mass is 247 g/mol. The second kappa shape index (κ2) is 4.12. The summed E-state index contributed by atoms with van der Waals surface area (Å²) in [6.07, 6.45) is 0. The van der Waals surface area contributed by atoms with Gasteiger partial charge in [-0.3, -0.25) is 0 Å². The van der Waals surface area contributed by atoms with Crippen LogP contribution in [0.15, 0.2) is 6.07 Å². The molecule has 0 bridgehead atoms. The molecule has 1 aromatic rings. The second-order valence-electron chi connectivity index (χ2n) is 4.90. The minimum absolute atomic E-state index is 0.0645. The number of hydrogen-bond donors (Lipinski definition) is 1. The number of nitrogens with zero attached hydrogens (tertiary/aromatic N) is 4. The first-order valence-corrected chi connectivity index (χ1v) is 6.25. The Morgan fingerprint density at radius 1 is 1.33 bits per heavy atom. The van der Waals surface area contributed by atoms with Crippen molar-refractivity contribution in [2.75, 3.05) is 31.1 Å². The summed E-state index contributed by atoms with van der Waals surface area (Å²) in [5, 5.41) is 2.83. The van der Waals surface area contributed by atoms with E-state index < -0.39 is 0 Å². The molecule has 2 fully saturated rings. The van der Waals surface area contributed by atoms with Gasteiger partial charge in [0.15, 0.2) is 0 Å². The minimum atomic E-state index is 0.0645. The lowest BCUT2D eigenvalue weighted by molar-refractivity contribution is 0.185. The van der Waals surface area contributed by atoms with Crippen LogP contribution in [0.5, 0.6) is 0 Å². The highest BCUT2D eigenvalue weighted by atomic mass is 16.2. The van der Waals surface area contributed by atoms with Gasteiger partial charge in [-0.25, -0.2) is 14.8 Å². The summed E-state index contributed by atoms with van der Waals surface area (Å²) < 4.78 is 0. The van der Waals surface area contributed by atoms with Crippen molar-refractivity contribution in [1.29, 1.82) is 0 Å². The quantitative estimate of drug-likeness (QED) is 0.817. The molecular formula is C12H17N5O. The summed E-state index contributed by atoms with van der Waals surface area (Å²) in [7, 11) is 0. The average Bonchev–Trinajstić information content (AvgIpc) is 2.61. The molecule has 0 radical (unpaired) electrons. The summed E-state index contributed by atoms with van der Waals surface area (Å²) in [6.45, 7) is 7.19. The maximum atomic E-state index is 11.5. The van der Waals surface area contributed by atoms with E-state index in [1.54, 1.807) is 0 Å². The molecule has 96 valence electrons. The Morgan fingerprint density at radius 3 is 2.72 bits per heavy atom. The zero-order chi connectivity index (χ0) is 12.7. The highest BCUT2D eigenvalue weighted by Crippen LogP contribution is 2.23. The fourth-order valence-corrected chi connectivity index (χ4v) is 2.53. The molecule has 0 saturated carbocycles. The third kappa shape index (κ3) is 1.87. The molecule has 0 aromatic carbocycles. The third-order valence-corrected chi connectivity index (χ3v) is 3.47. The number of urea groups is 1. The van der Waals surface area contributed by atoms with E-state index in [4.69, 9.17) is 0 Å². The first-order valence-electron chi connectivity index (χ1n) is 6.25. The van der Waals surface area contributed by atoms with Crippen LogP contribution in [0.1, 0.15) is 11.5 Å². The van der Waals surface area contributed by atoms with E-state index >= 15 is 0 Å². The zero-order valence-corrected chi connectivity index (χ0v) is 10.7. The van der Waals surface area contributed by atoms with Crippen molar-refractivity contribution in [1.82, 2.24) is 20.2 Å². The van der Waals surface area contributed by atoms with Gasteiger partial charge in [-0.15, -0.1) is 0 Å². The molecule has 0 spiro atoms. The van der Waals surface area contributed by atoms with Gasteiger partial charge in [0.25, 0.3) is 0 Å². The second-order valence-corrected chi connectivity index (χ2v) is 4.90. The SMILES string of the molecule is Cc1cc(N2CC(N3CCNC3=O)C2)nc(C)n1. The van der Waals surface area contributed by atoms with Gasteiger partial charge in [-0.2, -0.15) is 0 Å². The van der Waals surface area contributed by atoms with Gasteiger partial charge in [0, 0.05) is 37.9 Å². The molecule has 6 heteroatoms. The van der Waals surface area contributed by atoms with E-state index in [1.165, 1.54) is 0 Å². The number of hydrogen-bond acceptors (Lipinski definition) is 4. The normalized spacial score (nSPS) is 20.0. The molecule has 1 aromatic heterocycles. The Balaban J connectivity index is 1.66. The van der Waals surface area contributed by atoms with Crippen molar-refractivity contribution in [2.24, 2.45) is 0 Å². The van der Waals surface area contributed by atoms with Crippen molar-refractivity contribution in [2.45, 2.75) is 19.9 Å². The lowest BCUT2D eigenvalue weighted by Gasteiger charge is -2.44. The van der Waals surface area contributed by atoms with Crippen molar-refractivity contribution < 1.29 is 4.79 Å². The lowest BCUT2D eigenvalue weighted by atomic mass is 10.1. The molecular weight excluding hydrogens is 230 g/mol. The number of nitrogens with one attached hydrogen (secondary N) is 1. The highest BCUT2D eigenvalue weighted by Gasteiger charge is 2.37. The molecule has 0 atom stereocenters. The Hall–Kier alpha value is -1.85. The number of aromatic nitrogens is 2. The summed E-state index contributed by atoms with van der Waals surface area (Å²) in [4.78, 5) is 24.3. The van der Waals surface area contributed by atoms with Gasteiger partial charge in [0.1, 0.15) is 11.6 Å². The molecule has 2 aliphatic rings. The van der Waals surface area contributed by atoms with E-state index in [0.29, 0.717) is 6.04 Å². The fourth-order valence-electron chi connectivity index (χ4n) is 2.53. The number of amides is 2. The van der Waals surface area contributed by atoms with E-state index in [2.05, 4.69) is 20.2 Å². The van der Waals surface area contributed by atoms with Gasteiger partial charge >= 0.3 is 6.03 Å². The topological polar surface area (TPSA) is 61.4 Å². The van der Waals surface area contributed by atoms with Crippen LogP contribution in [-0.2, 0) is 0 Å². The molecule has 6 nitrogen and oxygen atoms in total. The lowest BCUT2D eigenvalue weighted by Crippen LogP contribution is -2.60. The third-order valence-electron chi connectivity index (χ3n) is 3.47. The molecule has 3 heterocycles. The molecule has 0 aliphatic carbocycles. The van der Waals surface area contributed by atoms with Crippen LogP contribution in [0.4, 0.5) is 10.6 Å². The summed E-state index contributed by atoms with van der Waals surface area (Å²) in [5.41, 5.74) is 0.986. The first-order chi connectivity index (χ1) is 8.63. The average molecular weight is 247 g/mol. The highest BCUT2D eigenvalue weighted by molar-refractivity contribution is 5.77. The smallest absolute Gasteiger partial charge is 0.317 e. The summed E-state index contributed by atoms with van der Waals surface area (Å²) in [6, 6.07) is 2.38. The van der Waals surface area contributed by atoms with Gasteiger partial charge in [-0.1, -0.05) is 0 Å². The molecule has 3 rings (SSSR count). The van der Waals surface area contributed by atoms with Crippen LogP contribution in [0.2, 0.25) is 0 Å². The molecule has 2 amide bonds. The predicted molar refractivity (Wildman–Crippen MR) is 67.6 cm³/mol. The Morgan fingerprint density at radius 2 is 2.11 bits per heavy atom. The van der Waals surface area contributed by atoms with Gasteiger partial charge in [0.2, 0.25) is 0 Å². The molecule has 2 aliphatic heterocycles. The fraction of sp³-hybridized carbons (Fsp3) is 0.583. The van der Waals surface area contributed by atoms with Gasteiger partial charge < -0.3 is 15.1 Å². The first kappa shape index (κ1) is 11.3. The largest absolute Gasteiger partial charge is 0.352 e. The predicted octanol–water partition coefficient (Wildman–Crippen LogP) is 0.307. The Bertz CT molecular complexity index is 463. The molecule has 2 saturated heterocycles. The van der Waals surface area contributed by atoms with Crippen molar-refractivity contribution in [3.63, 3.8) is 0 Å². The van der Waals surface area contributed by atoms with Crippen LogP contribution < -0.4 is 10.2 Å².